The molecule has 0 radical (unpaired) electrons. The molecule has 4 nitrogen and oxygen atoms in total. The second kappa shape index (κ2) is 23.2. The Balaban J connectivity index is 3.22. The Bertz CT molecular complexity index is 368. The van der Waals surface area contributed by atoms with Crippen LogP contribution < -0.4 is 0 Å². The predicted molar refractivity (Wildman–Crippen MR) is 121 cm³/mol. The fourth-order valence-electron chi connectivity index (χ4n) is 3.33. The minimum absolute atomic E-state index is 0.193. The molecule has 0 aliphatic rings. The van der Waals surface area contributed by atoms with Gasteiger partial charge in [-0.3, -0.25) is 9.59 Å². The van der Waals surface area contributed by atoms with Crippen LogP contribution in [0.1, 0.15) is 136 Å². The zero-order chi connectivity index (χ0) is 21.4. The fraction of sp³-hybridized carbons (Fsp3) is 0.920. The molecule has 0 aromatic rings. The van der Waals surface area contributed by atoms with E-state index < -0.39 is 0 Å². The lowest BCUT2D eigenvalue weighted by atomic mass is 10.0. The van der Waals surface area contributed by atoms with Crippen molar-refractivity contribution < 1.29 is 19.1 Å². The zero-order valence-corrected chi connectivity index (χ0v) is 19.5. The molecule has 172 valence electrons. The van der Waals surface area contributed by atoms with Gasteiger partial charge in [-0.15, -0.1) is 0 Å². The van der Waals surface area contributed by atoms with Crippen molar-refractivity contribution in [2.24, 2.45) is 0 Å². The standard InChI is InChI=1S/C25H48O4/c1-3-5-7-8-9-10-11-12-13-14-15-16-17-18-23-29-25(27)21-19-20-24(26)28-22-6-4-2/h3-23H2,1-2H3. The van der Waals surface area contributed by atoms with Gasteiger partial charge in [0.1, 0.15) is 0 Å². The molecule has 0 unspecified atom stereocenters. The highest BCUT2D eigenvalue weighted by atomic mass is 16.5. The molecule has 0 rings (SSSR count). The lowest BCUT2D eigenvalue weighted by Gasteiger charge is -2.06. The van der Waals surface area contributed by atoms with Gasteiger partial charge in [-0.05, 0) is 19.3 Å². The molecule has 0 fully saturated rings. The number of esters is 2. The van der Waals surface area contributed by atoms with E-state index in [1.807, 2.05) is 0 Å². The molecule has 0 aliphatic heterocycles. The molecule has 0 amide bonds. The largest absolute Gasteiger partial charge is 0.466 e. The molecule has 0 saturated heterocycles. The lowest BCUT2D eigenvalue weighted by molar-refractivity contribution is -0.145. The molecule has 0 aromatic carbocycles. The molecule has 0 bridgehead atoms. The first kappa shape index (κ1) is 27.9. The molecule has 0 spiro atoms. The van der Waals surface area contributed by atoms with E-state index in [0.29, 0.717) is 32.5 Å². The summed E-state index contributed by atoms with van der Waals surface area (Å²) in [5.74, 6) is -0.403. The number of carbonyl (C=O) groups is 2. The minimum atomic E-state index is -0.210. The fourth-order valence-corrected chi connectivity index (χ4v) is 3.33. The van der Waals surface area contributed by atoms with E-state index in [2.05, 4.69) is 13.8 Å². The summed E-state index contributed by atoms with van der Waals surface area (Å²) in [5, 5.41) is 0. The normalized spacial score (nSPS) is 10.8. The maximum Gasteiger partial charge on any atom is 0.305 e. The molecule has 0 N–H and O–H groups in total. The van der Waals surface area contributed by atoms with Gasteiger partial charge in [0.05, 0.1) is 13.2 Å². The van der Waals surface area contributed by atoms with Crippen LogP contribution in [0.5, 0.6) is 0 Å². The van der Waals surface area contributed by atoms with Crippen LogP contribution in [0.2, 0.25) is 0 Å². The van der Waals surface area contributed by atoms with Gasteiger partial charge in [0, 0.05) is 12.8 Å². The Kier molecular flexibility index (Phi) is 22.4. The first-order valence-electron chi connectivity index (χ1n) is 12.5. The Hall–Kier alpha value is -1.06. The van der Waals surface area contributed by atoms with E-state index in [-0.39, 0.29) is 11.9 Å². The highest BCUT2D eigenvalue weighted by Crippen LogP contribution is 2.13. The summed E-state index contributed by atoms with van der Waals surface area (Å²) < 4.78 is 10.3. The SMILES string of the molecule is CCCCCCCCCCCCCCCCOC(=O)CCCC(=O)OCCCC. The summed E-state index contributed by atoms with van der Waals surface area (Å²) in [4.78, 5) is 23.1. The minimum Gasteiger partial charge on any atom is -0.466 e. The molecule has 4 heteroatoms. The quantitative estimate of drug-likeness (QED) is 0.136. The van der Waals surface area contributed by atoms with E-state index in [9.17, 15) is 9.59 Å². The van der Waals surface area contributed by atoms with Crippen LogP contribution in [0, 0.1) is 0 Å². The number of ether oxygens (including phenoxy) is 2. The van der Waals surface area contributed by atoms with Gasteiger partial charge < -0.3 is 9.47 Å². The third-order valence-electron chi connectivity index (χ3n) is 5.28. The monoisotopic (exact) mass is 412 g/mol. The maximum atomic E-state index is 11.6. The predicted octanol–water partition coefficient (Wildman–Crippen LogP) is 7.52. The van der Waals surface area contributed by atoms with Crippen molar-refractivity contribution in [3.8, 4) is 0 Å². The van der Waals surface area contributed by atoms with Gasteiger partial charge in [-0.25, -0.2) is 0 Å². The summed E-state index contributed by atoms with van der Waals surface area (Å²) in [6.45, 7) is 5.32. The second-order valence-corrected chi connectivity index (χ2v) is 8.24. The molecule has 0 saturated carbocycles. The Labute approximate surface area is 180 Å². The number of carbonyl (C=O) groups excluding carboxylic acids is 2. The van der Waals surface area contributed by atoms with Crippen molar-refractivity contribution in [3.05, 3.63) is 0 Å². The number of hydrogen-bond donors (Lipinski definition) is 0. The summed E-state index contributed by atoms with van der Waals surface area (Å²) in [5.41, 5.74) is 0. The Morgan fingerprint density at radius 1 is 0.448 bits per heavy atom. The maximum absolute atomic E-state index is 11.6. The van der Waals surface area contributed by atoms with Gasteiger partial charge in [0.25, 0.3) is 0 Å². The van der Waals surface area contributed by atoms with E-state index in [0.717, 1.165) is 25.7 Å². The summed E-state index contributed by atoms with van der Waals surface area (Å²) in [6, 6.07) is 0. The van der Waals surface area contributed by atoms with Gasteiger partial charge in [0.15, 0.2) is 0 Å². The van der Waals surface area contributed by atoms with Crippen molar-refractivity contribution in [2.75, 3.05) is 13.2 Å². The highest BCUT2D eigenvalue weighted by molar-refractivity contribution is 5.72. The zero-order valence-electron chi connectivity index (χ0n) is 19.5. The van der Waals surface area contributed by atoms with Gasteiger partial charge in [-0.2, -0.15) is 0 Å². The molecular formula is C25H48O4. The number of unbranched alkanes of at least 4 members (excludes halogenated alkanes) is 14. The second-order valence-electron chi connectivity index (χ2n) is 8.24. The highest BCUT2D eigenvalue weighted by Gasteiger charge is 2.07. The van der Waals surface area contributed by atoms with Gasteiger partial charge in [-0.1, -0.05) is 104 Å². The average molecular weight is 413 g/mol. The molecule has 0 aliphatic carbocycles. The summed E-state index contributed by atoms with van der Waals surface area (Å²) >= 11 is 0. The van der Waals surface area contributed by atoms with Gasteiger partial charge >= 0.3 is 11.9 Å². The lowest BCUT2D eigenvalue weighted by Crippen LogP contribution is -2.09. The van der Waals surface area contributed by atoms with Crippen LogP contribution in [0.15, 0.2) is 0 Å². The number of hydrogen-bond acceptors (Lipinski definition) is 4. The average Bonchev–Trinajstić information content (AvgIpc) is 2.71. The molecule has 0 heterocycles. The van der Waals surface area contributed by atoms with E-state index >= 15 is 0 Å². The van der Waals surface area contributed by atoms with E-state index in [4.69, 9.17) is 9.47 Å². The van der Waals surface area contributed by atoms with Crippen molar-refractivity contribution in [1.82, 2.24) is 0 Å². The van der Waals surface area contributed by atoms with E-state index in [1.54, 1.807) is 0 Å². The molecule has 0 aromatic heterocycles. The van der Waals surface area contributed by atoms with Crippen molar-refractivity contribution in [1.29, 1.82) is 0 Å². The Morgan fingerprint density at radius 3 is 1.21 bits per heavy atom. The van der Waals surface area contributed by atoms with Crippen molar-refractivity contribution >= 4 is 11.9 Å². The third kappa shape index (κ3) is 23.1. The van der Waals surface area contributed by atoms with Crippen LogP contribution in [0.4, 0.5) is 0 Å². The molecule has 0 atom stereocenters. The van der Waals surface area contributed by atoms with Crippen LogP contribution in [-0.4, -0.2) is 25.2 Å². The van der Waals surface area contributed by atoms with E-state index in [1.165, 1.54) is 77.0 Å². The van der Waals surface area contributed by atoms with Crippen LogP contribution in [0.25, 0.3) is 0 Å². The Morgan fingerprint density at radius 2 is 0.793 bits per heavy atom. The first-order valence-corrected chi connectivity index (χ1v) is 12.5. The van der Waals surface area contributed by atoms with Gasteiger partial charge in [0.2, 0.25) is 0 Å². The first-order chi connectivity index (χ1) is 14.2. The van der Waals surface area contributed by atoms with Crippen LogP contribution >= 0.6 is 0 Å². The number of rotatable bonds is 22. The third-order valence-corrected chi connectivity index (χ3v) is 5.28. The smallest absolute Gasteiger partial charge is 0.305 e. The van der Waals surface area contributed by atoms with Crippen molar-refractivity contribution in [2.45, 2.75) is 136 Å². The summed E-state index contributed by atoms with van der Waals surface area (Å²) in [6.07, 6.45) is 21.5. The summed E-state index contributed by atoms with van der Waals surface area (Å²) in [7, 11) is 0. The molecule has 29 heavy (non-hydrogen) atoms. The van der Waals surface area contributed by atoms with Crippen LogP contribution in [0.3, 0.4) is 0 Å². The van der Waals surface area contributed by atoms with Crippen molar-refractivity contribution in [3.63, 3.8) is 0 Å². The van der Waals surface area contributed by atoms with Crippen LogP contribution in [-0.2, 0) is 19.1 Å². The molecular weight excluding hydrogens is 364 g/mol. The topological polar surface area (TPSA) is 52.6 Å².